The van der Waals surface area contributed by atoms with E-state index in [1.54, 1.807) is 12.1 Å². The molecule has 3 N–H and O–H groups in total. The van der Waals surface area contributed by atoms with E-state index in [4.69, 9.17) is 11.6 Å². The lowest BCUT2D eigenvalue weighted by Gasteiger charge is -2.15. The largest absolute Gasteiger partial charge is 0.343 e. The smallest absolute Gasteiger partial charge is 0.278 e. The minimum Gasteiger partial charge on any atom is -0.278 e. The lowest BCUT2D eigenvalue weighted by atomic mass is 10.2. The Labute approximate surface area is 159 Å². The highest BCUT2D eigenvalue weighted by molar-refractivity contribution is 7.92. The van der Waals surface area contributed by atoms with Gasteiger partial charge >= 0.3 is 6.03 Å². The topological polar surface area (TPSA) is 125 Å². The Balaban J connectivity index is 1.80. The van der Waals surface area contributed by atoms with Crippen LogP contribution >= 0.6 is 11.6 Å². The van der Waals surface area contributed by atoms with Gasteiger partial charge in [-0.25, -0.2) is 18.2 Å². The van der Waals surface area contributed by atoms with Crippen LogP contribution in [0.1, 0.15) is 10.4 Å². The van der Waals surface area contributed by atoms with Crippen molar-refractivity contribution in [1.29, 1.82) is 0 Å². The average molecular weight is 409 g/mol. The van der Waals surface area contributed by atoms with Crippen LogP contribution in [0.4, 0.5) is 10.5 Å². The van der Waals surface area contributed by atoms with E-state index in [9.17, 15) is 22.8 Å². The summed E-state index contributed by atoms with van der Waals surface area (Å²) in [5.41, 5.74) is 2.42. The second kappa shape index (κ2) is 7.25. The number of carbonyl (C=O) groups is 3. The number of sulfonamides is 1. The number of benzene rings is 2. The van der Waals surface area contributed by atoms with Crippen molar-refractivity contribution in [3.05, 3.63) is 59.1 Å². The molecular formula is C16H13ClN4O5S. The van der Waals surface area contributed by atoms with Gasteiger partial charge in [0.1, 0.15) is 6.54 Å². The number of nitrogens with one attached hydrogen (secondary N) is 3. The van der Waals surface area contributed by atoms with Gasteiger partial charge < -0.3 is 0 Å². The molecule has 0 unspecified atom stereocenters. The first kappa shape index (κ1) is 18.7. The molecule has 1 fully saturated rings. The Kier molecular flexibility index (Phi) is 5.02. The molecule has 0 bridgehead atoms. The predicted octanol–water partition coefficient (Wildman–Crippen LogP) is 1.34. The van der Waals surface area contributed by atoms with E-state index in [1.165, 1.54) is 30.3 Å². The van der Waals surface area contributed by atoms with Crippen LogP contribution in [0.25, 0.3) is 0 Å². The summed E-state index contributed by atoms with van der Waals surface area (Å²) in [6, 6.07) is 10.8. The first-order valence-electron chi connectivity index (χ1n) is 7.56. The number of halogens is 1. The van der Waals surface area contributed by atoms with Crippen molar-refractivity contribution in [1.82, 2.24) is 15.8 Å². The van der Waals surface area contributed by atoms with Crippen LogP contribution in [0, 0.1) is 0 Å². The fourth-order valence-corrected chi connectivity index (χ4v) is 3.64. The van der Waals surface area contributed by atoms with Gasteiger partial charge in [0.05, 0.1) is 15.6 Å². The van der Waals surface area contributed by atoms with Gasteiger partial charge in [-0.15, -0.1) is 0 Å². The minimum absolute atomic E-state index is 0.0100. The molecule has 3 rings (SSSR count). The molecule has 0 spiro atoms. The van der Waals surface area contributed by atoms with E-state index in [0.29, 0.717) is 0 Å². The van der Waals surface area contributed by atoms with Gasteiger partial charge in [-0.2, -0.15) is 0 Å². The molecule has 2 aromatic rings. The van der Waals surface area contributed by atoms with Gasteiger partial charge in [0.15, 0.2) is 0 Å². The second-order valence-corrected chi connectivity index (χ2v) is 7.58. The number of hydrogen-bond donors (Lipinski definition) is 3. The minimum atomic E-state index is -4.00. The zero-order valence-electron chi connectivity index (χ0n) is 13.6. The Morgan fingerprint density at radius 2 is 1.85 bits per heavy atom. The lowest BCUT2D eigenvalue weighted by Crippen LogP contribution is -2.44. The molecule has 0 saturated carbocycles. The summed E-state index contributed by atoms with van der Waals surface area (Å²) in [7, 11) is -4.00. The van der Waals surface area contributed by atoms with Crippen molar-refractivity contribution >= 4 is 45.2 Å². The van der Waals surface area contributed by atoms with Gasteiger partial charge in [0.25, 0.3) is 15.9 Å². The molecule has 0 radical (unpaired) electrons. The predicted molar refractivity (Wildman–Crippen MR) is 96.4 cm³/mol. The third kappa shape index (κ3) is 4.18. The Morgan fingerprint density at radius 1 is 1.11 bits per heavy atom. The molecule has 2 aromatic carbocycles. The first-order chi connectivity index (χ1) is 12.8. The fourth-order valence-electron chi connectivity index (χ4n) is 2.27. The second-order valence-electron chi connectivity index (χ2n) is 5.49. The molecule has 4 amide bonds. The molecule has 1 saturated heterocycles. The number of anilines is 1. The normalized spacial score (nSPS) is 14.0. The average Bonchev–Trinajstić information content (AvgIpc) is 2.94. The van der Waals surface area contributed by atoms with E-state index in [2.05, 4.69) is 10.1 Å². The Hall–Kier alpha value is -3.11. The van der Waals surface area contributed by atoms with Crippen molar-refractivity contribution in [2.45, 2.75) is 4.90 Å². The standard InChI is InChI=1S/C16H13ClN4O5S/c17-12-6-1-2-7-13(12)20-27(25,26)11-5-3-4-10(8-11)15(23)19-21-9-14(22)18-16(21)24/h1-8,20H,9H2,(H,19,23)(H,18,22,24). The van der Waals surface area contributed by atoms with Crippen LogP contribution < -0.4 is 15.5 Å². The molecule has 0 aromatic heterocycles. The van der Waals surface area contributed by atoms with Crippen LogP contribution in [0.5, 0.6) is 0 Å². The Morgan fingerprint density at radius 3 is 2.52 bits per heavy atom. The van der Waals surface area contributed by atoms with Gasteiger partial charge in [-0.1, -0.05) is 29.8 Å². The maximum Gasteiger partial charge on any atom is 0.343 e. The number of hydrazine groups is 1. The summed E-state index contributed by atoms with van der Waals surface area (Å²) >= 11 is 5.96. The highest BCUT2D eigenvalue weighted by Crippen LogP contribution is 2.24. The molecule has 1 heterocycles. The van der Waals surface area contributed by atoms with E-state index >= 15 is 0 Å². The van der Waals surface area contributed by atoms with Gasteiger partial charge in [0, 0.05) is 5.56 Å². The van der Waals surface area contributed by atoms with Gasteiger partial charge in [0.2, 0.25) is 5.91 Å². The monoisotopic (exact) mass is 408 g/mol. The summed E-state index contributed by atoms with van der Waals surface area (Å²) in [5.74, 6) is -1.30. The molecule has 9 nitrogen and oxygen atoms in total. The fraction of sp³-hybridized carbons (Fsp3) is 0.0625. The summed E-state index contributed by atoms with van der Waals surface area (Å²) in [4.78, 5) is 34.7. The quantitative estimate of drug-likeness (QED) is 0.644. The molecule has 0 aliphatic carbocycles. The number of amides is 4. The lowest BCUT2D eigenvalue weighted by molar-refractivity contribution is -0.118. The van der Waals surface area contributed by atoms with Crippen LogP contribution in [0.2, 0.25) is 5.02 Å². The van der Waals surface area contributed by atoms with E-state index in [-0.39, 0.29) is 27.7 Å². The molecule has 1 aliphatic rings. The third-order valence-electron chi connectivity index (χ3n) is 3.55. The van der Waals surface area contributed by atoms with Crippen LogP contribution in [-0.2, 0) is 14.8 Å². The molecular weight excluding hydrogens is 396 g/mol. The highest BCUT2D eigenvalue weighted by Gasteiger charge is 2.28. The van der Waals surface area contributed by atoms with E-state index in [1.807, 2.05) is 5.32 Å². The van der Waals surface area contributed by atoms with Crippen molar-refractivity contribution < 1.29 is 22.8 Å². The zero-order valence-corrected chi connectivity index (χ0v) is 15.2. The first-order valence-corrected chi connectivity index (χ1v) is 9.42. The summed E-state index contributed by atoms with van der Waals surface area (Å²) in [5, 5.41) is 3.03. The van der Waals surface area contributed by atoms with Crippen molar-refractivity contribution in [3.63, 3.8) is 0 Å². The molecule has 140 valence electrons. The molecule has 11 heteroatoms. The van der Waals surface area contributed by atoms with E-state index < -0.39 is 27.9 Å². The highest BCUT2D eigenvalue weighted by atomic mass is 35.5. The SMILES string of the molecule is O=C1CN(NC(=O)c2cccc(S(=O)(=O)Nc3ccccc3Cl)c2)C(=O)N1. The van der Waals surface area contributed by atoms with Gasteiger partial charge in [-0.05, 0) is 30.3 Å². The van der Waals surface area contributed by atoms with Crippen LogP contribution in [-0.4, -0.2) is 37.8 Å². The summed E-state index contributed by atoms with van der Waals surface area (Å²) < 4.78 is 27.4. The van der Waals surface area contributed by atoms with Crippen molar-refractivity contribution in [2.24, 2.45) is 0 Å². The van der Waals surface area contributed by atoms with Crippen LogP contribution in [0.15, 0.2) is 53.4 Å². The van der Waals surface area contributed by atoms with Gasteiger partial charge in [-0.3, -0.25) is 25.1 Å². The third-order valence-corrected chi connectivity index (χ3v) is 5.25. The maximum absolute atomic E-state index is 12.5. The molecule has 0 atom stereocenters. The number of para-hydroxylation sites is 1. The van der Waals surface area contributed by atoms with E-state index in [0.717, 1.165) is 11.1 Å². The number of imide groups is 1. The molecule has 27 heavy (non-hydrogen) atoms. The zero-order chi connectivity index (χ0) is 19.6. The maximum atomic E-state index is 12.5. The Bertz CT molecular complexity index is 1040. The number of hydrogen-bond acceptors (Lipinski definition) is 5. The number of nitrogens with zero attached hydrogens (tertiary/aromatic N) is 1. The van der Waals surface area contributed by atoms with Crippen molar-refractivity contribution in [3.8, 4) is 0 Å². The number of carbonyl (C=O) groups excluding carboxylic acids is 3. The summed E-state index contributed by atoms with van der Waals surface area (Å²) in [6.07, 6.45) is 0. The number of urea groups is 1. The van der Waals surface area contributed by atoms with Crippen molar-refractivity contribution in [2.75, 3.05) is 11.3 Å². The van der Waals surface area contributed by atoms with Crippen LogP contribution in [0.3, 0.4) is 0 Å². The molecule has 1 aliphatic heterocycles. The summed E-state index contributed by atoms with van der Waals surface area (Å²) in [6.45, 7) is -0.323. The number of rotatable bonds is 5.